The van der Waals surface area contributed by atoms with Crippen LogP contribution in [-0.2, 0) is 6.54 Å². The van der Waals surface area contributed by atoms with E-state index in [0.29, 0.717) is 6.04 Å². The Labute approximate surface area is 265 Å². The van der Waals surface area contributed by atoms with Gasteiger partial charge in [0.25, 0.3) is 0 Å². The van der Waals surface area contributed by atoms with Gasteiger partial charge < -0.3 is 4.90 Å². The Morgan fingerprint density at radius 3 is 1.65 bits per heavy atom. The minimum atomic E-state index is 0.453. The molecule has 0 spiro atoms. The summed E-state index contributed by atoms with van der Waals surface area (Å²) in [5.41, 5.74) is 4.80. The standard InChI is InChI=1S/C18H17N.C12H18.C8H12.C4H10/c1-14(2)19-13-17-9-4-3-7-15(17)11-12-16-8-5-6-10-18(16)19;1-9(2)12-10-7-5-3-4-6-8-11(10)12;1-2-4-6-8-7-5-3-1;1-4(2)3/h3-10,14H,13H2,1-2H3;9-12H,5-8H2,1-2H3;1-6H2;4H,1-3H3. The summed E-state index contributed by atoms with van der Waals surface area (Å²) in [5, 5.41) is 0. The molecule has 1 nitrogen and oxygen atoms in total. The molecule has 4 aliphatic rings. The van der Waals surface area contributed by atoms with Crippen molar-refractivity contribution in [3.05, 3.63) is 65.2 Å². The molecule has 1 fully saturated rings. The van der Waals surface area contributed by atoms with Crippen LogP contribution < -0.4 is 4.90 Å². The molecular weight excluding hydrogens is 518 g/mol. The number of nitrogens with zero attached hydrogens (tertiary/aromatic N) is 1. The maximum absolute atomic E-state index is 3.31. The summed E-state index contributed by atoms with van der Waals surface area (Å²) < 4.78 is 0. The highest BCUT2D eigenvalue weighted by molar-refractivity contribution is 5.64. The van der Waals surface area contributed by atoms with Crippen LogP contribution in [0.3, 0.4) is 0 Å². The van der Waals surface area contributed by atoms with Crippen LogP contribution in [0.5, 0.6) is 0 Å². The van der Waals surface area contributed by atoms with Crippen LogP contribution in [0, 0.1) is 65.1 Å². The molecule has 2 unspecified atom stereocenters. The minimum Gasteiger partial charge on any atom is -0.364 e. The van der Waals surface area contributed by atoms with Crippen LogP contribution in [0.1, 0.15) is 129 Å². The maximum Gasteiger partial charge on any atom is 0.0530 e. The molecule has 0 N–H and O–H groups in total. The van der Waals surface area contributed by atoms with Crippen molar-refractivity contribution >= 4 is 5.69 Å². The highest BCUT2D eigenvalue weighted by Gasteiger charge is 2.49. The molecule has 2 atom stereocenters. The summed E-state index contributed by atoms with van der Waals surface area (Å²) in [4.78, 5) is 2.42. The van der Waals surface area contributed by atoms with Gasteiger partial charge in [-0.25, -0.2) is 0 Å². The molecular formula is C42H57N. The maximum atomic E-state index is 3.31. The monoisotopic (exact) mass is 575 g/mol. The van der Waals surface area contributed by atoms with Crippen LogP contribution in [0.4, 0.5) is 5.69 Å². The SMILES string of the molecule is C1#CCCCCCC1.CC(C)C.CC(C)C1C2CCC#CCCC21.CC(C)N1Cc2ccccc2C#Cc2ccccc21. The average molecular weight is 576 g/mol. The van der Waals surface area contributed by atoms with Crippen molar-refractivity contribution < 1.29 is 0 Å². The second kappa shape index (κ2) is 18.6. The number of rotatable bonds is 2. The Balaban J connectivity index is 0.000000180. The Bertz CT molecular complexity index is 1260. The Kier molecular flexibility index (Phi) is 14.8. The van der Waals surface area contributed by atoms with Crippen molar-refractivity contribution in [2.45, 2.75) is 125 Å². The molecule has 6 rings (SSSR count). The van der Waals surface area contributed by atoms with Gasteiger partial charge in [0.2, 0.25) is 0 Å². The van der Waals surface area contributed by atoms with Crippen LogP contribution in [-0.4, -0.2) is 6.04 Å². The predicted octanol–water partition coefficient (Wildman–Crippen LogP) is 10.9. The summed E-state index contributed by atoms with van der Waals surface area (Å²) in [7, 11) is 0. The van der Waals surface area contributed by atoms with Gasteiger partial charge in [0.1, 0.15) is 0 Å². The number of fused-ring (bicyclic) bond motifs is 3. The molecule has 1 heteroatoms. The van der Waals surface area contributed by atoms with E-state index >= 15 is 0 Å². The average Bonchev–Trinajstić information content (AvgIpc) is 3.61. The van der Waals surface area contributed by atoms with Gasteiger partial charge in [-0.1, -0.05) is 89.6 Å². The topological polar surface area (TPSA) is 3.24 Å². The van der Waals surface area contributed by atoms with Crippen molar-refractivity contribution in [3.8, 4) is 35.5 Å². The van der Waals surface area contributed by atoms with E-state index in [0.717, 1.165) is 72.9 Å². The number of hydrogen-bond acceptors (Lipinski definition) is 1. The summed E-state index contributed by atoms with van der Waals surface area (Å²) >= 11 is 0. The zero-order valence-corrected chi connectivity index (χ0v) is 28.3. The number of benzene rings is 2. The normalized spacial score (nSPS) is 21.2. The van der Waals surface area contributed by atoms with Crippen molar-refractivity contribution in [1.29, 1.82) is 0 Å². The molecule has 2 aromatic rings. The fourth-order valence-corrected chi connectivity index (χ4v) is 6.36. The highest BCUT2D eigenvalue weighted by Crippen LogP contribution is 2.55. The molecule has 1 heterocycles. The minimum absolute atomic E-state index is 0.453. The molecule has 2 aromatic carbocycles. The van der Waals surface area contributed by atoms with Gasteiger partial charge in [0, 0.05) is 49.4 Å². The second-order valence-corrected chi connectivity index (χ2v) is 13.7. The third-order valence-corrected chi connectivity index (χ3v) is 8.50. The summed E-state index contributed by atoms with van der Waals surface area (Å²) in [5.74, 6) is 24.3. The molecule has 0 bridgehead atoms. The third kappa shape index (κ3) is 11.8. The zero-order valence-electron chi connectivity index (χ0n) is 28.3. The summed E-state index contributed by atoms with van der Waals surface area (Å²) in [6, 6.07) is 17.3. The fraction of sp³-hybridized carbons (Fsp3) is 0.571. The molecule has 0 amide bonds. The van der Waals surface area contributed by atoms with Gasteiger partial charge in [-0.05, 0) is 92.9 Å². The van der Waals surface area contributed by atoms with E-state index in [1.807, 2.05) is 0 Å². The smallest absolute Gasteiger partial charge is 0.0530 e. The van der Waals surface area contributed by atoms with Crippen LogP contribution in [0.15, 0.2) is 48.5 Å². The summed E-state index contributed by atoms with van der Waals surface area (Å²) in [6.07, 6.45) is 12.8. The fourth-order valence-electron chi connectivity index (χ4n) is 6.36. The van der Waals surface area contributed by atoms with E-state index in [9.17, 15) is 0 Å². The lowest BCUT2D eigenvalue weighted by atomic mass is 10.0. The molecule has 1 saturated carbocycles. The van der Waals surface area contributed by atoms with E-state index < -0.39 is 0 Å². The third-order valence-electron chi connectivity index (χ3n) is 8.50. The van der Waals surface area contributed by atoms with Crippen molar-refractivity contribution in [3.63, 3.8) is 0 Å². The van der Waals surface area contributed by atoms with Crippen LogP contribution >= 0.6 is 0 Å². The molecule has 0 saturated heterocycles. The molecule has 0 radical (unpaired) electrons. The Morgan fingerprint density at radius 2 is 1.09 bits per heavy atom. The van der Waals surface area contributed by atoms with E-state index in [4.69, 9.17) is 0 Å². The number of hydrogen-bond donors (Lipinski definition) is 0. The van der Waals surface area contributed by atoms with Gasteiger partial charge in [0.05, 0.1) is 5.69 Å². The highest BCUT2D eigenvalue weighted by atomic mass is 15.2. The molecule has 1 aliphatic heterocycles. The van der Waals surface area contributed by atoms with Crippen molar-refractivity contribution in [1.82, 2.24) is 0 Å². The largest absolute Gasteiger partial charge is 0.364 e. The van der Waals surface area contributed by atoms with E-state index in [2.05, 4.69) is 137 Å². The Hall–Kier alpha value is -3.08. The predicted molar refractivity (Wildman–Crippen MR) is 188 cm³/mol. The van der Waals surface area contributed by atoms with Gasteiger partial charge in [-0.15, -0.1) is 23.7 Å². The van der Waals surface area contributed by atoms with Crippen molar-refractivity contribution in [2.75, 3.05) is 4.90 Å². The van der Waals surface area contributed by atoms with Gasteiger partial charge in [0.15, 0.2) is 0 Å². The first kappa shape index (κ1) is 34.4. The quantitative estimate of drug-likeness (QED) is 0.322. The molecule has 43 heavy (non-hydrogen) atoms. The summed E-state index contributed by atoms with van der Waals surface area (Å²) in [6.45, 7) is 16.6. The van der Waals surface area contributed by atoms with E-state index in [-0.39, 0.29) is 0 Å². The first-order chi connectivity index (χ1) is 20.8. The van der Waals surface area contributed by atoms with Gasteiger partial charge in [-0.3, -0.25) is 0 Å². The number of para-hydroxylation sites is 1. The van der Waals surface area contributed by atoms with Crippen LogP contribution in [0.25, 0.3) is 0 Å². The van der Waals surface area contributed by atoms with Gasteiger partial charge in [-0.2, -0.15) is 0 Å². The molecule has 0 aromatic heterocycles. The van der Waals surface area contributed by atoms with Gasteiger partial charge >= 0.3 is 0 Å². The van der Waals surface area contributed by atoms with E-state index in [1.165, 1.54) is 49.8 Å². The number of anilines is 1. The van der Waals surface area contributed by atoms with E-state index in [1.54, 1.807) is 0 Å². The second-order valence-electron chi connectivity index (χ2n) is 13.7. The lowest BCUT2D eigenvalue weighted by Gasteiger charge is -2.31. The van der Waals surface area contributed by atoms with Crippen molar-refractivity contribution in [2.24, 2.45) is 29.6 Å². The van der Waals surface area contributed by atoms with Crippen LogP contribution in [0.2, 0.25) is 0 Å². The Morgan fingerprint density at radius 1 is 0.605 bits per heavy atom. The molecule has 3 aliphatic carbocycles. The first-order valence-corrected chi connectivity index (χ1v) is 17.2. The zero-order chi connectivity index (χ0) is 31.0. The lowest BCUT2D eigenvalue weighted by Crippen LogP contribution is -2.31. The lowest BCUT2D eigenvalue weighted by molar-refractivity contribution is 0.491. The molecule has 230 valence electrons. The first-order valence-electron chi connectivity index (χ1n) is 17.2.